The van der Waals surface area contributed by atoms with Crippen molar-refractivity contribution in [3.63, 3.8) is 0 Å². The van der Waals surface area contributed by atoms with Crippen molar-refractivity contribution in [2.75, 3.05) is 0 Å². The highest BCUT2D eigenvalue weighted by Gasteiger charge is 2.16. The third-order valence-electron chi connectivity index (χ3n) is 2.07. The molecule has 0 saturated heterocycles. The molecule has 0 atom stereocenters. The maximum Gasteiger partial charge on any atom is 0.310 e. The smallest absolute Gasteiger partial charge is 0.310 e. The lowest BCUT2D eigenvalue weighted by atomic mass is 10.1. The van der Waals surface area contributed by atoms with Crippen LogP contribution in [0.4, 0.5) is 8.78 Å². The Morgan fingerprint density at radius 3 is 2.39 bits per heavy atom. The summed E-state index contributed by atoms with van der Waals surface area (Å²) >= 11 is 3.47. The molecule has 18 heavy (non-hydrogen) atoms. The zero-order valence-electron chi connectivity index (χ0n) is 9.87. The van der Waals surface area contributed by atoms with Gasteiger partial charge in [-0.1, -0.05) is 0 Å². The van der Waals surface area contributed by atoms with Gasteiger partial charge in [0.25, 0.3) is 0 Å². The van der Waals surface area contributed by atoms with Crippen molar-refractivity contribution in [3.05, 3.63) is 34.9 Å². The quantitative estimate of drug-likeness (QED) is 0.677. The van der Waals surface area contributed by atoms with Gasteiger partial charge in [0.2, 0.25) is 5.12 Å². The fourth-order valence-corrected chi connectivity index (χ4v) is 1.52. The van der Waals surface area contributed by atoms with Gasteiger partial charge < -0.3 is 4.74 Å². The van der Waals surface area contributed by atoms with Crippen LogP contribution < -0.4 is 0 Å². The maximum atomic E-state index is 13.4. The zero-order chi connectivity index (χ0) is 13.9. The molecule has 0 aromatic heterocycles. The monoisotopic (exact) mass is 274 g/mol. The minimum absolute atomic E-state index is 0.0977. The van der Waals surface area contributed by atoms with Crippen molar-refractivity contribution in [2.24, 2.45) is 0 Å². The van der Waals surface area contributed by atoms with Gasteiger partial charge in [-0.2, -0.15) is 0 Å². The number of halogens is 2. The number of hydrogen-bond donors (Lipinski definition) is 1. The van der Waals surface area contributed by atoms with E-state index in [2.05, 4.69) is 12.6 Å². The zero-order valence-corrected chi connectivity index (χ0v) is 10.8. The average molecular weight is 274 g/mol. The summed E-state index contributed by atoms with van der Waals surface area (Å²) in [6, 6.07) is 1.53. The molecule has 0 N–H and O–H groups in total. The highest BCUT2D eigenvalue weighted by molar-refractivity contribution is 7.97. The van der Waals surface area contributed by atoms with Gasteiger partial charge in [-0.25, -0.2) is 8.78 Å². The number of carbonyl (C=O) groups excluding carboxylic acids is 2. The molecule has 0 aliphatic rings. The van der Waals surface area contributed by atoms with E-state index in [4.69, 9.17) is 4.74 Å². The van der Waals surface area contributed by atoms with Crippen LogP contribution >= 0.6 is 12.6 Å². The second-order valence-corrected chi connectivity index (χ2v) is 4.35. The van der Waals surface area contributed by atoms with Crippen LogP contribution in [0.15, 0.2) is 12.1 Å². The summed E-state index contributed by atoms with van der Waals surface area (Å²) in [4.78, 5) is 22.3. The predicted molar refractivity (Wildman–Crippen MR) is 64.6 cm³/mol. The van der Waals surface area contributed by atoms with Crippen molar-refractivity contribution < 1.29 is 23.1 Å². The molecule has 0 fully saturated rings. The van der Waals surface area contributed by atoms with Gasteiger partial charge >= 0.3 is 5.97 Å². The highest BCUT2D eigenvalue weighted by atomic mass is 32.1. The molecule has 0 radical (unpaired) electrons. The van der Waals surface area contributed by atoms with Crippen molar-refractivity contribution >= 4 is 23.7 Å². The first kappa shape index (κ1) is 14.6. The van der Waals surface area contributed by atoms with E-state index in [-0.39, 0.29) is 23.7 Å². The third kappa shape index (κ3) is 3.80. The molecule has 0 heterocycles. The van der Waals surface area contributed by atoms with Crippen LogP contribution in [0.1, 0.15) is 29.8 Å². The SMILES string of the molecule is CC(C)OC(=O)Cc1cc(C(=O)S)c(F)cc1F. The summed E-state index contributed by atoms with van der Waals surface area (Å²) in [5, 5.41) is -0.828. The van der Waals surface area contributed by atoms with E-state index in [1.165, 1.54) is 0 Å². The Kier molecular flexibility index (Phi) is 4.84. The van der Waals surface area contributed by atoms with Gasteiger partial charge in [-0.3, -0.25) is 9.59 Å². The lowest BCUT2D eigenvalue weighted by Crippen LogP contribution is -2.15. The molecule has 0 bridgehead atoms. The lowest BCUT2D eigenvalue weighted by molar-refractivity contribution is -0.146. The standard InChI is InChI=1S/C12H12F2O3S/c1-6(2)17-11(15)4-7-3-8(12(16)18)10(14)5-9(7)13/h3,5-6H,4H2,1-2H3,(H,16,18). The Morgan fingerprint density at radius 2 is 1.89 bits per heavy atom. The summed E-state index contributed by atoms with van der Waals surface area (Å²) in [6.07, 6.45) is -0.690. The first-order chi connectivity index (χ1) is 8.31. The summed E-state index contributed by atoms with van der Waals surface area (Å²) in [5.41, 5.74) is -0.466. The Labute approximate surface area is 109 Å². The molecule has 0 saturated carbocycles. The summed E-state index contributed by atoms with van der Waals surface area (Å²) in [7, 11) is 0. The Hall–Kier alpha value is -1.43. The molecular weight excluding hydrogens is 262 g/mol. The minimum atomic E-state index is -1.01. The number of hydrogen-bond acceptors (Lipinski definition) is 3. The molecule has 1 rings (SSSR count). The van der Waals surface area contributed by atoms with E-state index < -0.39 is 22.7 Å². The molecule has 0 unspecified atom stereocenters. The van der Waals surface area contributed by atoms with Crippen LogP contribution in [-0.4, -0.2) is 17.2 Å². The molecule has 3 nitrogen and oxygen atoms in total. The highest BCUT2D eigenvalue weighted by Crippen LogP contribution is 2.17. The van der Waals surface area contributed by atoms with Gasteiger partial charge in [-0.05, 0) is 25.5 Å². The van der Waals surface area contributed by atoms with Crippen LogP contribution in [0.25, 0.3) is 0 Å². The maximum absolute atomic E-state index is 13.4. The van der Waals surface area contributed by atoms with E-state index in [0.717, 1.165) is 6.07 Å². The van der Waals surface area contributed by atoms with Gasteiger partial charge in [-0.15, -0.1) is 12.6 Å². The number of carbonyl (C=O) groups is 2. The van der Waals surface area contributed by atoms with Crippen molar-refractivity contribution in [3.8, 4) is 0 Å². The van der Waals surface area contributed by atoms with Crippen LogP contribution in [0.5, 0.6) is 0 Å². The molecule has 1 aromatic carbocycles. The van der Waals surface area contributed by atoms with E-state index >= 15 is 0 Å². The van der Waals surface area contributed by atoms with Crippen molar-refractivity contribution in [1.29, 1.82) is 0 Å². The number of rotatable bonds is 4. The topological polar surface area (TPSA) is 43.4 Å². The van der Waals surface area contributed by atoms with Crippen LogP contribution in [-0.2, 0) is 16.0 Å². The van der Waals surface area contributed by atoms with Crippen LogP contribution in [0.3, 0.4) is 0 Å². The summed E-state index contributed by atoms with van der Waals surface area (Å²) in [6.45, 7) is 3.31. The fraction of sp³-hybridized carbons (Fsp3) is 0.333. The van der Waals surface area contributed by atoms with Crippen molar-refractivity contribution in [2.45, 2.75) is 26.4 Å². The predicted octanol–water partition coefficient (Wildman–Crippen LogP) is 2.53. The van der Waals surface area contributed by atoms with E-state index in [1.807, 2.05) is 0 Å². The molecule has 0 aliphatic carbocycles. The van der Waals surface area contributed by atoms with Gasteiger partial charge in [0.15, 0.2) is 0 Å². The number of ether oxygens (including phenoxy) is 1. The summed E-state index contributed by atoms with van der Waals surface area (Å²) < 4.78 is 31.4. The Balaban J connectivity index is 2.99. The Bertz CT molecular complexity index is 486. The normalized spacial score (nSPS) is 10.6. The van der Waals surface area contributed by atoms with Crippen molar-refractivity contribution in [1.82, 2.24) is 0 Å². The van der Waals surface area contributed by atoms with E-state index in [0.29, 0.717) is 6.07 Å². The minimum Gasteiger partial charge on any atom is -0.463 e. The van der Waals surface area contributed by atoms with E-state index in [1.54, 1.807) is 13.8 Å². The third-order valence-corrected chi connectivity index (χ3v) is 2.31. The van der Waals surface area contributed by atoms with Crippen LogP contribution in [0, 0.1) is 11.6 Å². The molecule has 98 valence electrons. The molecule has 0 amide bonds. The second kappa shape index (κ2) is 5.95. The van der Waals surface area contributed by atoms with Crippen LogP contribution in [0.2, 0.25) is 0 Å². The largest absolute Gasteiger partial charge is 0.463 e. The molecule has 1 aromatic rings. The van der Waals surface area contributed by atoms with Gasteiger partial charge in [0.05, 0.1) is 18.1 Å². The average Bonchev–Trinajstić information content (AvgIpc) is 2.20. The summed E-state index contributed by atoms with van der Waals surface area (Å²) in [5.74, 6) is -2.55. The number of benzene rings is 1. The Morgan fingerprint density at radius 1 is 1.28 bits per heavy atom. The van der Waals surface area contributed by atoms with Gasteiger partial charge in [0.1, 0.15) is 11.6 Å². The fourth-order valence-electron chi connectivity index (χ4n) is 1.35. The first-order valence-corrected chi connectivity index (χ1v) is 5.66. The lowest BCUT2D eigenvalue weighted by Gasteiger charge is -2.09. The van der Waals surface area contributed by atoms with Gasteiger partial charge in [0, 0.05) is 6.07 Å². The number of esters is 1. The molecule has 6 heteroatoms. The molecule has 0 spiro atoms. The second-order valence-electron chi connectivity index (χ2n) is 3.94. The van der Waals surface area contributed by atoms with E-state index in [9.17, 15) is 18.4 Å². The first-order valence-electron chi connectivity index (χ1n) is 5.22. The molecule has 0 aliphatic heterocycles. The number of thiol groups is 1. The molecular formula is C12H12F2O3S.